The fourth-order valence-corrected chi connectivity index (χ4v) is 2.71. The van der Waals surface area contributed by atoms with Crippen molar-refractivity contribution in [2.24, 2.45) is 4.99 Å². The van der Waals surface area contributed by atoms with Crippen molar-refractivity contribution in [3.05, 3.63) is 72.8 Å². The number of aliphatic imine (C=N–C) groups is 1. The van der Waals surface area contributed by atoms with Crippen LogP contribution >= 0.6 is 12.6 Å². The Labute approximate surface area is 134 Å². The van der Waals surface area contributed by atoms with Crippen molar-refractivity contribution in [1.82, 2.24) is 0 Å². The maximum atomic E-state index is 10.7. The molecule has 22 heavy (non-hydrogen) atoms. The van der Waals surface area contributed by atoms with Crippen molar-refractivity contribution in [2.75, 3.05) is 0 Å². The number of benzene rings is 3. The van der Waals surface area contributed by atoms with Crippen LogP contribution in [-0.4, -0.2) is 6.08 Å². The molecule has 0 aliphatic heterocycles. The number of hydrogen-bond donors (Lipinski definition) is 1. The van der Waals surface area contributed by atoms with Gasteiger partial charge in [-0.3, -0.25) is 0 Å². The van der Waals surface area contributed by atoms with Gasteiger partial charge in [0.1, 0.15) is 0 Å². The zero-order chi connectivity index (χ0) is 15.4. The van der Waals surface area contributed by atoms with E-state index in [1.54, 1.807) is 6.08 Å². The van der Waals surface area contributed by atoms with Crippen LogP contribution in [0.15, 0.2) is 82.7 Å². The van der Waals surface area contributed by atoms with Gasteiger partial charge in [0, 0.05) is 10.5 Å². The van der Waals surface area contributed by atoms with E-state index in [0.717, 1.165) is 27.1 Å². The van der Waals surface area contributed by atoms with E-state index in [1.165, 1.54) is 0 Å². The number of rotatable bonds is 3. The van der Waals surface area contributed by atoms with Gasteiger partial charge in [-0.2, -0.15) is 4.99 Å². The molecule has 0 spiro atoms. The lowest BCUT2D eigenvalue weighted by Gasteiger charge is -2.10. The van der Waals surface area contributed by atoms with Crippen LogP contribution in [0, 0.1) is 0 Å². The van der Waals surface area contributed by atoms with Gasteiger partial charge in [-0.25, -0.2) is 4.79 Å². The molecule has 2 nitrogen and oxygen atoms in total. The van der Waals surface area contributed by atoms with Crippen LogP contribution in [0.1, 0.15) is 0 Å². The summed E-state index contributed by atoms with van der Waals surface area (Å²) in [4.78, 5) is 15.4. The van der Waals surface area contributed by atoms with Gasteiger partial charge in [-0.15, -0.1) is 12.6 Å². The van der Waals surface area contributed by atoms with Crippen LogP contribution in [0.25, 0.3) is 22.3 Å². The molecule has 106 valence electrons. The second kappa shape index (κ2) is 6.44. The summed E-state index contributed by atoms with van der Waals surface area (Å²) < 4.78 is 0. The third kappa shape index (κ3) is 2.86. The molecule has 0 N–H and O–H groups in total. The Bertz CT molecular complexity index is 852. The lowest BCUT2D eigenvalue weighted by molar-refractivity contribution is 0.565. The summed E-state index contributed by atoms with van der Waals surface area (Å²) >= 11 is 4.51. The molecule has 0 aliphatic carbocycles. The molecule has 0 aromatic heterocycles. The lowest BCUT2D eigenvalue weighted by Crippen LogP contribution is -1.84. The van der Waals surface area contributed by atoms with Crippen LogP contribution in [-0.2, 0) is 4.79 Å². The molecule has 0 radical (unpaired) electrons. The summed E-state index contributed by atoms with van der Waals surface area (Å²) in [6, 6.07) is 23.6. The number of isocyanates is 1. The van der Waals surface area contributed by atoms with Crippen molar-refractivity contribution in [2.45, 2.75) is 4.90 Å². The zero-order valence-corrected chi connectivity index (χ0v) is 12.6. The van der Waals surface area contributed by atoms with Crippen LogP contribution in [0.5, 0.6) is 0 Å². The molecule has 3 aromatic rings. The number of hydrogen-bond acceptors (Lipinski definition) is 3. The van der Waals surface area contributed by atoms with E-state index in [1.807, 2.05) is 72.8 Å². The fraction of sp³-hybridized carbons (Fsp3) is 0. The van der Waals surface area contributed by atoms with Gasteiger partial charge >= 0.3 is 0 Å². The highest BCUT2D eigenvalue weighted by atomic mass is 32.1. The first-order chi connectivity index (χ1) is 10.8. The summed E-state index contributed by atoms with van der Waals surface area (Å²) in [5, 5.41) is 0. The number of thiol groups is 1. The number of nitrogens with zero attached hydrogens (tertiary/aromatic N) is 1. The Morgan fingerprint density at radius 1 is 0.773 bits per heavy atom. The first-order valence-corrected chi connectivity index (χ1v) is 7.30. The predicted molar refractivity (Wildman–Crippen MR) is 92.3 cm³/mol. The van der Waals surface area contributed by atoms with Gasteiger partial charge in [0.25, 0.3) is 0 Å². The van der Waals surface area contributed by atoms with E-state index in [-0.39, 0.29) is 0 Å². The highest BCUT2D eigenvalue weighted by Gasteiger charge is 2.08. The van der Waals surface area contributed by atoms with Gasteiger partial charge in [0.15, 0.2) is 0 Å². The smallest absolute Gasteiger partial charge is 0.211 e. The Kier molecular flexibility index (Phi) is 4.19. The molecule has 0 bridgehead atoms. The van der Waals surface area contributed by atoms with Gasteiger partial charge in [0.2, 0.25) is 6.08 Å². The normalized spacial score (nSPS) is 10.0. The van der Waals surface area contributed by atoms with E-state index >= 15 is 0 Å². The van der Waals surface area contributed by atoms with Gasteiger partial charge in [-0.1, -0.05) is 54.6 Å². The summed E-state index contributed by atoms with van der Waals surface area (Å²) in [6.45, 7) is 0. The molecule has 0 saturated heterocycles. The van der Waals surface area contributed by atoms with Gasteiger partial charge in [0.05, 0.1) is 5.69 Å². The van der Waals surface area contributed by atoms with Crippen LogP contribution < -0.4 is 0 Å². The highest BCUT2D eigenvalue weighted by Crippen LogP contribution is 2.35. The van der Waals surface area contributed by atoms with Crippen molar-refractivity contribution in [3.8, 4) is 22.3 Å². The Hall–Kier alpha value is -2.61. The maximum Gasteiger partial charge on any atom is 0.240 e. The molecule has 0 atom stereocenters. The molecule has 3 rings (SSSR count). The van der Waals surface area contributed by atoms with E-state index in [2.05, 4.69) is 17.6 Å². The zero-order valence-electron chi connectivity index (χ0n) is 11.7. The van der Waals surface area contributed by atoms with Crippen LogP contribution in [0.3, 0.4) is 0 Å². The van der Waals surface area contributed by atoms with E-state index in [0.29, 0.717) is 5.69 Å². The van der Waals surface area contributed by atoms with Crippen molar-refractivity contribution in [3.63, 3.8) is 0 Å². The minimum Gasteiger partial charge on any atom is -0.211 e. The van der Waals surface area contributed by atoms with E-state index in [4.69, 9.17) is 0 Å². The average molecular weight is 303 g/mol. The quantitative estimate of drug-likeness (QED) is 0.398. The summed E-state index contributed by atoms with van der Waals surface area (Å²) in [6.07, 6.45) is 1.62. The second-order valence-corrected chi connectivity index (χ2v) is 5.30. The molecule has 0 unspecified atom stereocenters. The molecular weight excluding hydrogens is 290 g/mol. The molecule has 0 aliphatic rings. The molecule has 0 saturated carbocycles. The monoisotopic (exact) mass is 303 g/mol. The predicted octanol–water partition coefficient (Wildman–Crippen LogP) is 5.28. The Morgan fingerprint density at radius 2 is 1.50 bits per heavy atom. The topological polar surface area (TPSA) is 29.4 Å². The Balaban J connectivity index is 2.21. The molecule has 0 heterocycles. The minimum absolute atomic E-state index is 0.613. The molecule has 0 fully saturated rings. The largest absolute Gasteiger partial charge is 0.240 e. The highest BCUT2D eigenvalue weighted by molar-refractivity contribution is 7.80. The number of carbonyl (C=O) groups excluding carboxylic acids is 1. The first kappa shape index (κ1) is 14.3. The van der Waals surface area contributed by atoms with Crippen molar-refractivity contribution >= 4 is 24.4 Å². The van der Waals surface area contributed by atoms with Gasteiger partial charge in [-0.05, 0) is 34.9 Å². The standard InChI is InChI=1S/C19H13NOS/c21-13-20-18-11-10-15(16-8-4-5-9-19(16)22)12-17(18)14-6-2-1-3-7-14/h1-12,22H. The van der Waals surface area contributed by atoms with E-state index in [9.17, 15) is 4.79 Å². The average Bonchev–Trinajstić information content (AvgIpc) is 2.57. The fourth-order valence-electron chi connectivity index (χ4n) is 2.42. The maximum absolute atomic E-state index is 10.7. The second-order valence-electron chi connectivity index (χ2n) is 4.82. The molecular formula is C19H13NOS. The summed E-state index contributed by atoms with van der Waals surface area (Å²) in [5.41, 5.74) is 4.61. The lowest BCUT2D eigenvalue weighted by atomic mass is 9.97. The third-order valence-electron chi connectivity index (χ3n) is 3.46. The minimum atomic E-state index is 0.613. The van der Waals surface area contributed by atoms with E-state index < -0.39 is 0 Å². The molecule has 3 aromatic carbocycles. The van der Waals surface area contributed by atoms with Crippen LogP contribution in [0.4, 0.5) is 5.69 Å². The summed E-state index contributed by atoms with van der Waals surface area (Å²) in [5.74, 6) is 0. The van der Waals surface area contributed by atoms with Crippen molar-refractivity contribution < 1.29 is 4.79 Å². The first-order valence-electron chi connectivity index (χ1n) is 6.85. The third-order valence-corrected chi connectivity index (χ3v) is 3.85. The van der Waals surface area contributed by atoms with Crippen molar-refractivity contribution in [1.29, 1.82) is 0 Å². The van der Waals surface area contributed by atoms with Gasteiger partial charge < -0.3 is 0 Å². The summed E-state index contributed by atoms with van der Waals surface area (Å²) in [7, 11) is 0. The molecule has 0 amide bonds. The van der Waals surface area contributed by atoms with Crippen LogP contribution in [0.2, 0.25) is 0 Å². The SMILES string of the molecule is O=C=Nc1ccc(-c2ccccc2S)cc1-c1ccccc1. The Morgan fingerprint density at radius 3 is 2.23 bits per heavy atom. The molecule has 3 heteroatoms.